The number of ketones is 1. The van der Waals surface area contributed by atoms with Crippen LogP contribution in [0.1, 0.15) is 41.0 Å². The highest BCUT2D eigenvalue weighted by Crippen LogP contribution is 2.18. The van der Waals surface area contributed by atoms with Crippen LogP contribution in [0.15, 0.2) is 0 Å². The molecule has 3 heteroatoms. The second kappa shape index (κ2) is 5.13. The fraction of sp³-hybridized carbons (Fsp3) is 0.818. The van der Waals surface area contributed by atoms with Crippen molar-refractivity contribution in [3.05, 3.63) is 0 Å². The molecule has 1 unspecified atom stereocenters. The van der Waals surface area contributed by atoms with Gasteiger partial charge in [-0.05, 0) is 25.7 Å². The molecular formula is C11H20O3. The molecule has 0 fully saturated rings. The Hall–Kier alpha value is -0.860. The molecule has 3 nitrogen and oxygen atoms in total. The third-order valence-electron chi connectivity index (χ3n) is 2.06. The minimum absolute atomic E-state index is 0.147. The molecule has 82 valence electrons. The Morgan fingerprint density at radius 1 is 1.29 bits per heavy atom. The first kappa shape index (κ1) is 13.1. The maximum Gasteiger partial charge on any atom is 0.316 e. The summed E-state index contributed by atoms with van der Waals surface area (Å²) < 4.78 is 4.98. The molecular weight excluding hydrogens is 180 g/mol. The van der Waals surface area contributed by atoms with Gasteiger partial charge in [-0.1, -0.05) is 20.8 Å². The molecule has 0 rings (SSSR count). The summed E-state index contributed by atoms with van der Waals surface area (Å²) in [5.41, 5.74) is 0.153. The first-order chi connectivity index (χ1) is 6.24. The van der Waals surface area contributed by atoms with Gasteiger partial charge in [-0.3, -0.25) is 9.59 Å². The van der Waals surface area contributed by atoms with Crippen LogP contribution in [-0.4, -0.2) is 18.4 Å². The predicted octanol–water partition coefficient (Wildman–Crippen LogP) is 2.19. The standard InChI is InChI=1S/C11H20O3/c1-8(9(2)12)10(13)14-7-6-11(3,4)5/h8H,6-7H2,1-5H3. The topological polar surface area (TPSA) is 43.4 Å². The molecule has 0 aromatic heterocycles. The summed E-state index contributed by atoms with van der Waals surface area (Å²) in [6.07, 6.45) is 0.809. The van der Waals surface area contributed by atoms with Crippen molar-refractivity contribution in [3.8, 4) is 0 Å². The Kier molecular flexibility index (Phi) is 4.81. The van der Waals surface area contributed by atoms with Gasteiger partial charge in [-0.2, -0.15) is 0 Å². The Balaban J connectivity index is 3.81. The maximum absolute atomic E-state index is 11.2. The van der Waals surface area contributed by atoms with Crippen molar-refractivity contribution >= 4 is 11.8 Å². The van der Waals surface area contributed by atoms with Crippen LogP contribution >= 0.6 is 0 Å². The van der Waals surface area contributed by atoms with Crippen molar-refractivity contribution in [1.29, 1.82) is 0 Å². The lowest BCUT2D eigenvalue weighted by atomic mass is 9.93. The number of ether oxygens (including phenoxy) is 1. The highest BCUT2D eigenvalue weighted by atomic mass is 16.5. The first-order valence-corrected chi connectivity index (χ1v) is 4.91. The van der Waals surface area contributed by atoms with E-state index in [4.69, 9.17) is 4.74 Å². The minimum Gasteiger partial charge on any atom is -0.465 e. The molecule has 0 N–H and O–H groups in total. The van der Waals surface area contributed by atoms with Crippen molar-refractivity contribution in [2.75, 3.05) is 6.61 Å². The lowest BCUT2D eigenvalue weighted by Crippen LogP contribution is -2.22. The van der Waals surface area contributed by atoms with E-state index in [-0.39, 0.29) is 11.2 Å². The number of hydrogen-bond donors (Lipinski definition) is 0. The summed E-state index contributed by atoms with van der Waals surface area (Å²) in [7, 11) is 0. The zero-order valence-corrected chi connectivity index (χ0v) is 9.72. The Labute approximate surface area is 85.8 Å². The van der Waals surface area contributed by atoms with Crippen LogP contribution < -0.4 is 0 Å². The zero-order chi connectivity index (χ0) is 11.4. The van der Waals surface area contributed by atoms with Crippen LogP contribution in [0.25, 0.3) is 0 Å². The molecule has 0 aliphatic carbocycles. The summed E-state index contributed by atoms with van der Waals surface area (Å²) in [5.74, 6) is -1.19. The van der Waals surface area contributed by atoms with E-state index in [0.29, 0.717) is 6.61 Å². The fourth-order valence-corrected chi connectivity index (χ4v) is 0.749. The van der Waals surface area contributed by atoms with Crippen LogP contribution in [0.4, 0.5) is 0 Å². The molecule has 1 atom stereocenters. The lowest BCUT2D eigenvalue weighted by molar-refractivity contribution is -0.151. The molecule has 0 saturated carbocycles. The van der Waals surface area contributed by atoms with E-state index in [2.05, 4.69) is 20.8 Å². The van der Waals surface area contributed by atoms with Gasteiger partial charge in [0.15, 0.2) is 0 Å². The second-order valence-electron chi connectivity index (χ2n) is 4.81. The number of rotatable bonds is 4. The summed E-state index contributed by atoms with van der Waals surface area (Å²) >= 11 is 0. The summed E-state index contributed by atoms with van der Waals surface area (Å²) in [6, 6.07) is 0. The minimum atomic E-state index is -0.630. The van der Waals surface area contributed by atoms with E-state index in [1.165, 1.54) is 6.92 Å². The van der Waals surface area contributed by atoms with Gasteiger partial charge in [-0.25, -0.2) is 0 Å². The van der Waals surface area contributed by atoms with Crippen LogP contribution in [0.3, 0.4) is 0 Å². The van der Waals surface area contributed by atoms with Crippen LogP contribution in [0.2, 0.25) is 0 Å². The molecule has 0 spiro atoms. The monoisotopic (exact) mass is 200 g/mol. The van der Waals surface area contributed by atoms with Gasteiger partial charge in [0.2, 0.25) is 0 Å². The van der Waals surface area contributed by atoms with Gasteiger partial charge in [-0.15, -0.1) is 0 Å². The smallest absolute Gasteiger partial charge is 0.316 e. The molecule has 14 heavy (non-hydrogen) atoms. The molecule has 0 saturated heterocycles. The Morgan fingerprint density at radius 3 is 2.14 bits per heavy atom. The van der Waals surface area contributed by atoms with Crippen LogP contribution in [0, 0.1) is 11.3 Å². The SMILES string of the molecule is CC(=O)C(C)C(=O)OCCC(C)(C)C. The van der Waals surface area contributed by atoms with Crippen molar-refractivity contribution in [3.63, 3.8) is 0 Å². The third-order valence-corrected chi connectivity index (χ3v) is 2.06. The predicted molar refractivity (Wildman–Crippen MR) is 54.9 cm³/mol. The Morgan fingerprint density at radius 2 is 1.79 bits per heavy atom. The zero-order valence-electron chi connectivity index (χ0n) is 9.72. The molecule has 0 radical (unpaired) electrons. The second-order valence-corrected chi connectivity index (χ2v) is 4.81. The van der Waals surface area contributed by atoms with E-state index in [1.54, 1.807) is 6.92 Å². The van der Waals surface area contributed by atoms with Crippen LogP contribution in [-0.2, 0) is 14.3 Å². The van der Waals surface area contributed by atoms with Crippen molar-refractivity contribution in [2.45, 2.75) is 41.0 Å². The van der Waals surface area contributed by atoms with Gasteiger partial charge >= 0.3 is 5.97 Å². The number of carbonyl (C=O) groups is 2. The average molecular weight is 200 g/mol. The average Bonchev–Trinajstić information content (AvgIpc) is 2.00. The molecule has 0 aliphatic rings. The normalized spacial score (nSPS) is 13.5. The summed E-state index contributed by atoms with van der Waals surface area (Å²) in [4.78, 5) is 22.1. The van der Waals surface area contributed by atoms with Crippen LogP contribution in [0.5, 0.6) is 0 Å². The Bertz CT molecular complexity index is 213. The number of esters is 1. The van der Waals surface area contributed by atoms with Crippen molar-refractivity contribution in [2.24, 2.45) is 11.3 Å². The number of Topliss-reactive ketones (excluding diaryl/α,β-unsaturated/α-hetero) is 1. The number of hydrogen-bond acceptors (Lipinski definition) is 3. The molecule has 0 aromatic carbocycles. The lowest BCUT2D eigenvalue weighted by Gasteiger charge is -2.18. The van der Waals surface area contributed by atoms with E-state index in [9.17, 15) is 9.59 Å². The summed E-state index contributed by atoms with van der Waals surface area (Å²) in [5, 5.41) is 0. The molecule has 0 aliphatic heterocycles. The van der Waals surface area contributed by atoms with Gasteiger partial charge in [0.1, 0.15) is 11.7 Å². The molecule has 0 aromatic rings. The fourth-order valence-electron chi connectivity index (χ4n) is 0.749. The van der Waals surface area contributed by atoms with Crippen molar-refractivity contribution < 1.29 is 14.3 Å². The summed E-state index contributed by atoms with van der Waals surface area (Å²) in [6.45, 7) is 9.59. The van der Waals surface area contributed by atoms with E-state index in [0.717, 1.165) is 6.42 Å². The molecule has 0 amide bonds. The largest absolute Gasteiger partial charge is 0.465 e. The van der Waals surface area contributed by atoms with Crippen molar-refractivity contribution in [1.82, 2.24) is 0 Å². The third kappa shape index (κ3) is 5.73. The van der Waals surface area contributed by atoms with E-state index in [1.807, 2.05) is 0 Å². The molecule has 0 heterocycles. The van der Waals surface area contributed by atoms with Gasteiger partial charge in [0, 0.05) is 0 Å². The molecule has 0 bridgehead atoms. The number of carbonyl (C=O) groups excluding carboxylic acids is 2. The highest BCUT2D eigenvalue weighted by molar-refractivity contribution is 5.97. The van der Waals surface area contributed by atoms with E-state index >= 15 is 0 Å². The highest BCUT2D eigenvalue weighted by Gasteiger charge is 2.19. The van der Waals surface area contributed by atoms with Gasteiger partial charge < -0.3 is 4.74 Å². The first-order valence-electron chi connectivity index (χ1n) is 4.91. The quantitative estimate of drug-likeness (QED) is 0.516. The van der Waals surface area contributed by atoms with Gasteiger partial charge in [0.05, 0.1) is 6.61 Å². The van der Waals surface area contributed by atoms with Gasteiger partial charge in [0.25, 0.3) is 0 Å². The maximum atomic E-state index is 11.2. The van der Waals surface area contributed by atoms with E-state index < -0.39 is 11.9 Å².